The van der Waals surface area contributed by atoms with Crippen molar-refractivity contribution in [2.75, 3.05) is 11.4 Å². The first-order chi connectivity index (χ1) is 13.3. The minimum absolute atomic E-state index is 0.0117. The van der Waals surface area contributed by atoms with Crippen LogP contribution in [0.2, 0.25) is 0 Å². The first kappa shape index (κ1) is 16.3. The highest BCUT2D eigenvalue weighted by molar-refractivity contribution is 9.10. The zero-order valence-corrected chi connectivity index (χ0v) is 15.8. The molecule has 27 heavy (non-hydrogen) atoms. The van der Waals surface area contributed by atoms with Crippen molar-refractivity contribution in [1.29, 1.82) is 0 Å². The summed E-state index contributed by atoms with van der Waals surface area (Å²) in [4.78, 5) is 6.80. The van der Waals surface area contributed by atoms with E-state index in [-0.39, 0.29) is 6.04 Å². The van der Waals surface area contributed by atoms with Crippen molar-refractivity contribution < 1.29 is 4.52 Å². The normalized spacial score (nSPS) is 17.1. The molecule has 136 valence electrons. The van der Waals surface area contributed by atoms with Gasteiger partial charge in [-0.15, -0.1) is 14.8 Å². The SMILES string of the molecule is Brc1ccc(Cc2noc([C@H]3CCCN3c3ccc4nnnn4n3)n2)cc1. The largest absolute Gasteiger partial charge is 0.343 e. The topological polar surface area (TPSA) is 98.1 Å². The van der Waals surface area contributed by atoms with Crippen LogP contribution in [-0.2, 0) is 6.42 Å². The molecule has 0 N–H and O–H groups in total. The number of benzene rings is 1. The minimum Gasteiger partial charge on any atom is -0.343 e. The van der Waals surface area contributed by atoms with E-state index < -0.39 is 0 Å². The van der Waals surface area contributed by atoms with Crippen molar-refractivity contribution in [2.24, 2.45) is 0 Å². The van der Waals surface area contributed by atoms with E-state index in [1.807, 2.05) is 36.4 Å². The average molecular weight is 427 g/mol. The number of fused-ring (bicyclic) bond motifs is 1. The van der Waals surface area contributed by atoms with Crippen LogP contribution in [0.15, 0.2) is 45.4 Å². The van der Waals surface area contributed by atoms with E-state index >= 15 is 0 Å². The fraction of sp³-hybridized carbons (Fsp3) is 0.294. The van der Waals surface area contributed by atoms with Gasteiger partial charge in [-0.2, -0.15) is 4.98 Å². The van der Waals surface area contributed by atoms with Crippen LogP contribution in [0, 0.1) is 0 Å². The highest BCUT2D eigenvalue weighted by Crippen LogP contribution is 2.34. The molecule has 0 bridgehead atoms. The third-order valence-electron chi connectivity index (χ3n) is 4.65. The van der Waals surface area contributed by atoms with Crippen LogP contribution >= 0.6 is 15.9 Å². The molecule has 1 fully saturated rings. The Morgan fingerprint density at radius 1 is 1.15 bits per heavy atom. The van der Waals surface area contributed by atoms with E-state index in [2.05, 4.69) is 51.6 Å². The molecule has 0 aliphatic carbocycles. The summed E-state index contributed by atoms with van der Waals surface area (Å²) in [7, 11) is 0. The molecule has 1 aliphatic heterocycles. The Morgan fingerprint density at radius 2 is 2.04 bits per heavy atom. The van der Waals surface area contributed by atoms with Gasteiger partial charge in [-0.1, -0.05) is 33.2 Å². The predicted octanol–water partition coefficient (Wildman–Crippen LogP) is 2.60. The predicted molar refractivity (Wildman–Crippen MR) is 99.1 cm³/mol. The van der Waals surface area contributed by atoms with Crippen LogP contribution in [0.4, 0.5) is 5.82 Å². The van der Waals surface area contributed by atoms with Gasteiger partial charge in [-0.05, 0) is 53.1 Å². The summed E-state index contributed by atoms with van der Waals surface area (Å²) in [6.07, 6.45) is 2.61. The second-order valence-electron chi connectivity index (χ2n) is 6.42. The lowest BCUT2D eigenvalue weighted by Crippen LogP contribution is -2.24. The first-order valence-electron chi connectivity index (χ1n) is 8.65. The van der Waals surface area contributed by atoms with Gasteiger partial charge in [0.05, 0.1) is 0 Å². The van der Waals surface area contributed by atoms with Gasteiger partial charge in [0.2, 0.25) is 5.89 Å². The molecule has 0 radical (unpaired) electrons. The van der Waals surface area contributed by atoms with E-state index in [9.17, 15) is 0 Å². The van der Waals surface area contributed by atoms with Crippen LogP contribution in [0.5, 0.6) is 0 Å². The van der Waals surface area contributed by atoms with Crippen LogP contribution < -0.4 is 4.90 Å². The van der Waals surface area contributed by atoms with E-state index in [4.69, 9.17) is 4.52 Å². The quantitative estimate of drug-likeness (QED) is 0.490. The Kier molecular flexibility index (Phi) is 4.04. The molecule has 0 spiro atoms. The summed E-state index contributed by atoms with van der Waals surface area (Å²) in [5.74, 6) is 2.10. The molecule has 1 saturated heterocycles. The highest BCUT2D eigenvalue weighted by atomic mass is 79.9. The fourth-order valence-corrected chi connectivity index (χ4v) is 3.61. The highest BCUT2D eigenvalue weighted by Gasteiger charge is 2.32. The second kappa shape index (κ2) is 6.69. The smallest absolute Gasteiger partial charge is 0.249 e. The lowest BCUT2D eigenvalue weighted by molar-refractivity contribution is 0.350. The summed E-state index contributed by atoms with van der Waals surface area (Å²) in [5.41, 5.74) is 1.75. The number of tetrazole rings is 1. The summed E-state index contributed by atoms with van der Waals surface area (Å²) in [6, 6.07) is 11.9. The maximum Gasteiger partial charge on any atom is 0.249 e. The molecule has 0 unspecified atom stereocenters. The van der Waals surface area contributed by atoms with Crippen LogP contribution in [0.1, 0.15) is 36.2 Å². The fourth-order valence-electron chi connectivity index (χ4n) is 3.35. The maximum atomic E-state index is 5.58. The van der Waals surface area contributed by atoms with Crippen molar-refractivity contribution >= 4 is 27.4 Å². The molecule has 4 aromatic rings. The number of anilines is 1. The number of aromatic nitrogens is 7. The molecule has 5 rings (SSSR count). The van der Waals surface area contributed by atoms with Crippen molar-refractivity contribution in [3.63, 3.8) is 0 Å². The van der Waals surface area contributed by atoms with Crippen LogP contribution in [0.25, 0.3) is 5.65 Å². The molecule has 0 amide bonds. The van der Waals surface area contributed by atoms with Crippen LogP contribution in [0.3, 0.4) is 0 Å². The first-order valence-corrected chi connectivity index (χ1v) is 9.44. The van der Waals surface area contributed by atoms with E-state index in [0.29, 0.717) is 23.8 Å². The number of nitrogens with zero attached hydrogens (tertiary/aromatic N) is 8. The Balaban J connectivity index is 1.38. The number of hydrogen-bond donors (Lipinski definition) is 0. The monoisotopic (exact) mass is 426 g/mol. The second-order valence-corrected chi connectivity index (χ2v) is 7.34. The minimum atomic E-state index is 0.0117. The Labute approximate surface area is 162 Å². The molecule has 1 aliphatic rings. The zero-order valence-electron chi connectivity index (χ0n) is 14.2. The summed E-state index contributed by atoms with van der Waals surface area (Å²) in [5, 5.41) is 20.0. The number of halogens is 1. The Bertz CT molecular complexity index is 1080. The Hall–Kier alpha value is -2.88. The van der Waals surface area contributed by atoms with E-state index in [1.54, 1.807) is 0 Å². The Morgan fingerprint density at radius 3 is 2.93 bits per heavy atom. The number of hydrogen-bond acceptors (Lipinski definition) is 8. The van der Waals surface area contributed by atoms with Crippen LogP contribution in [-0.4, -0.2) is 41.9 Å². The van der Waals surface area contributed by atoms with Gasteiger partial charge in [-0.25, -0.2) is 0 Å². The van der Waals surface area contributed by atoms with Gasteiger partial charge in [-0.3, -0.25) is 0 Å². The maximum absolute atomic E-state index is 5.58. The molecule has 1 aromatic carbocycles. The van der Waals surface area contributed by atoms with Gasteiger partial charge >= 0.3 is 0 Å². The van der Waals surface area contributed by atoms with Gasteiger partial charge in [0.15, 0.2) is 17.3 Å². The van der Waals surface area contributed by atoms with Crippen molar-refractivity contribution in [2.45, 2.75) is 25.3 Å². The number of rotatable bonds is 4. The molecule has 3 aromatic heterocycles. The summed E-state index contributed by atoms with van der Waals surface area (Å²) >= 11 is 3.45. The average Bonchev–Trinajstić information content (AvgIpc) is 3.43. The molecule has 9 nitrogen and oxygen atoms in total. The molecule has 4 heterocycles. The van der Waals surface area contributed by atoms with Gasteiger partial charge in [0, 0.05) is 17.4 Å². The third-order valence-corrected chi connectivity index (χ3v) is 5.18. The van der Waals surface area contributed by atoms with E-state index in [0.717, 1.165) is 35.2 Å². The van der Waals surface area contributed by atoms with Crippen molar-refractivity contribution in [3.05, 3.63) is 58.1 Å². The molecule has 1 atom stereocenters. The molecule has 10 heteroatoms. The lowest BCUT2D eigenvalue weighted by Gasteiger charge is -2.22. The third kappa shape index (κ3) is 3.16. The molecular formula is C17H15BrN8O. The van der Waals surface area contributed by atoms with Crippen molar-refractivity contribution in [3.8, 4) is 0 Å². The van der Waals surface area contributed by atoms with Gasteiger partial charge < -0.3 is 9.42 Å². The zero-order chi connectivity index (χ0) is 18.2. The summed E-state index contributed by atoms with van der Waals surface area (Å²) in [6.45, 7) is 0.871. The van der Waals surface area contributed by atoms with Gasteiger partial charge in [0.25, 0.3) is 0 Å². The lowest BCUT2D eigenvalue weighted by atomic mass is 10.1. The standard InChI is InChI=1S/C17H15BrN8O/c18-12-5-3-11(4-6-12)10-14-19-17(27-22-14)13-2-1-9-25(13)16-8-7-15-20-23-24-26(15)21-16/h3-8,13H,1-2,9-10H2/t13-/m1/s1. The van der Waals surface area contributed by atoms with E-state index in [1.165, 1.54) is 4.63 Å². The van der Waals surface area contributed by atoms with Gasteiger partial charge in [0.1, 0.15) is 6.04 Å². The summed E-state index contributed by atoms with van der Waals surface area (Å²) < 4.78 is 8.06. The molecule has 0 saturated carbocycles. The van der Waals surface area contributed by atoms with Crippen molar-refractivity contribution in [1.82, 2.24) is 35.4 Å². The molecular weight excluding hydrogens is 412 g/mol.